The van der Waals surface area contributed by atoms with Crippen LogP contribution in [0.4, 0.5) is 26.3 Å². The summed E-state index contributed by atoms with van der Waals surface area (Å²) in [4.78, 5) is 3.32. The van der Waals surface area contributed by atoms with Crippen LogP contribution in [-0.4, -0.2) is 24.4 Å². The first-order valence-corrected chi connectivity index (χ1v) is 4.38. The third kappa shape index (κ3) is 3.11. The molecule has 3 nitrogen and oxygen atoms in total. The molecule has 0 saturated heterocycles. The SMILES string of the molecule is CNCc1ncoc1C(C(F)(F)F)C(F)(F)F. The third-order valence-corrected chi connectivity index (χ3v) is 1.93. The van der Waals surface area contributed by atoms with Crippen molar-refractivity contribution in [2.24, 2.45) is 0 Å². The lowest BCUT2D eigenvalue weighted by molar-refractivity contribution is -0.257. The van der Waals surface area contributed by atoms with Crippen molar-refractivity contribution in [1.29, 1.82) is 0 Å². The van der Waals surface area contributed by atoms with E-state index in [0.717, 1.165) is 0 Å². The predicted octanol–water partition coefficient (Wildman–Crippen LogP) is 2.60. The molecule has 1 rings (SSSR count). The summed E-state index contributed by atoms with van der Waals surface area (Å²) in [6.07, 6.45) is -10.4. The van der Waals surface area contributed by atoms with Crippen LogP contribution >= 0.6 is 0 Å². The van der Waals surface area contributed by atoms with Crippen molar-refractivity contribution in [3.63, 3.8) is 0 Å². The topological polar surface area (TPSA) is 38.1 Å². The van der Waals surface area contributed by atoms with E-state index in [2.05, 4.69) is 14.7 Å². The predicted molar refractivity (Wildman–Crippen MR) is 44.1 cm³/mol. The number of rotatable bonds is 3. The van der Waals surface area contributed by atoms with Gasteiger partial charge in [-0.1, -0.05) is 0 Å². The van der Waals surface area contributed by atoms with Crippen LogP contribution in [-0.2, 0) is 6.54 Å². The van der Waals surface area contributed by atoms with Crippen molar-refractivity contribution in [3.05, 3.63) is 17.8 Å². The number of alkyl halides is 6. The van der Waals surface area contributed by atoms with Crippen LogP contribution in [0.15, 0.2) is 10.8 Å². The Morgan fingerprint density at radius 1 is 1.24 bits per heavy atom. The Bertz CT molecular complexity index is 355. The third-order valence-electron chi connectivity index (χ3n) is 1.93. The number of aromatic nitrogens is 1. The summed E-state index contributed by atoms with van der Waals surface area (Å²) in [5, 5.41) is 2.41. The monoisotopic (exact) mass is 262 g/mol. The maximum Gasteiger partial charge on any atom is 0.407 e. The van der Waals surface area contributed by atoms with E-state index in [4.69, 9.17) is 0 Å². The van der Waals surface area contributed by atoms with Crippen LogP contribution in [0.5, 0.6) is 0 Å². The molecule has 0 amide bonds. The molecule has 0 atom stereocenters. The molecule has 0 aliphatic heterocycles. The lowest BCUT2D eigenvalue weighted by atomic mass is 10.0. The van der Waals surface area contributed by atoms with Crippen molar-refractivity contribution < 1.29 is 30.8 Å². The average molecular weight is 262 g/mol. The Balaban J connectivity index is 3.19. The Morgan fingerprint density at radius 3 is 2.18 bits per heavy atom. The highest BCUT2D eigenvalue weighted by Crippen LogP contribution is 2.47. The normalized spacial score (nSPS) is 13.4. The Kier molecular flexibility index (Phi) is 3.70. The number of oxazole rings is 1. The summed E-state index contributed by atoms with van der Waals surface area (Å²) < 4.78 is 78.5. The molecule has 0 aliphatic rings. The molecule has 1 aromatic heterocycles. The zero-order valence-electron chi connectivity index (χ0n) is 8.49. The molecule has 17 heavy (non-hydrogen) atoms. The Labute approximate surface area is 91.8 Å². The summed E-state index contributed by atoms with van der Waals surface area (Å²) in [5.74, 6) is -4.87. The largest absolute Gasteiger partial charge is 0.447 e. The molecule has 0 saturated carbocycles. The first-order valence-electron chi connectivity index (χ1n) is 4.38. The fourth-order valence-electron chi connectivity index (χ4n) is 1.30. The number of nitrogens with zero attached hydrogens (tertiary/aromatic N) is 1. The number of halogens is 6. The molecule has 1 N–H and O–H groups in total. The molecule has 0 aliphatic carbocycles. The van der Waals surface area contributed by atoms with Gasteiger partial charge in [0.25, 0.3) is 0 Å². The van der Waals surface area contributed by atoms with E-state index in [1.807, 2.05) is 0 Å². The van der Waals surface area contributed by atoms with Gasteiger partial charge >= 0.3 is 12.4 Å². The van der Waals surface area contributed by atoms with Crippen molar-refractivity contribution in [1.82, 2.24) is 10.3 Å². The number of hydrogen-bond donors (Lipinski definition) is 1. The molecule has 0 aromatic carbocycles. The lowest BCUT2D eigenvalue weighted by Gasteiger charge is -2.21. The maximum atomic E-state index is 12.4. The zero-order valence-corrected chi connectivity index (χ0v) is 8.49. The number of nitrogens with one attached hydrogen (secondary N) is 1. The summed E-state index contributed by atoms with van der Waals surface area (Å²) in [6.45, 7) is -0.242. The van der Waals surface area contributed by atoms with Gasteiger partial charge in [-0.05, 0) is 7.05 Å². The van der Waals surface area contributed by atoms with Crippen LogP contribution in [0, 0.1) is 0 Å². The highest BCUT2D eigenvalue weighted by molar-refractivity contribution is 5.16. The molecule has 0 bridgehead atoms. The minimum atomic E-state index is -5.47. The van der Waals surface area contributed by atoms with Crippen LogP contribution in [0.3, 0.4) is 0 Å². The van der Waals surface area contributed by atoms with Gasteiger partial charge in [0.2, 0.25) is 5.92 Å². The van der Waals surface area contributed by atoms with Gasteiger partial charge in [0.1, 0.15) is 5.76 Å². The minimum absolute atomic E-state index is 0.242. The van der Waals surface area contributed by atoms with E-state index in [0.29, 0.717) is 6.39 Å². The molecule has 0 spiro atoms. The van der Waals surface area contributed by atoms with E-state index in [-0.39, 0.29) is 6.54 Å². The molecule has 0 radical (unpaired) electrons. The van der Waals surface area contributed by atoms with Gasteiger partial charge in [0.05, 0.1) is 5.69 Å². The van der Waals surface area contributed by atoms with Crippen LogP contribution in [0.1, 0.15) is 17.4 Å². The van der Waals surface area contributed by atoms with Gasteiger partial charge in [-0.15, -0.1) is 0 Å². The maximum absolute atomic E-state index is 12.4. The van der Waals surface area contributed by atoms with Crippen molar-refractivity contribution >= 4 is 0 Å². The van der Waals surface area contributed by atoms with Crippen molar-refractivity contribution in [2.45, 2.75) is 24.8 Å². The number of hydrogen-bond acceptors (Lipinski definition) is 3. The molecule has 9 heteroatoms. The smallest absolute Gasteiger partial charge is 0.407 e. The van der Waals surface area contributed by atoms with Crippen molar-refractivity contribution in [3.8, 4) is 0 Å². The van der Waals surface area contributed by atoms with E-state index >= 15 is 0 Å². The Hall–Kier alpha value is -1.25. The van der Waals surface area contributed by atoms with Gasteiger partial charge in [-0.25, -0.2) is 4.98 Å². The van der Waals surface area contributed by atoms with Gasteiger partial charge in [-0.2, -0.15) is 26.3 Å². The average Bonchev–Trinajstić information content (AvgIpc) is 2.48. The second-order valence-electron chi connectivity index (χ2n) is 3.21. The first kappa shape index (κ1) is 13.8. The molecule has 1 aromatic rings. The summed E-state index contributed by atoms with van der Waals surface area (Å²) >= 11 is 0. The van der Waals surface area contributed by atoms with Gasteiger partial charge in [0, 0.05) is 6.54 Å². The quantitative estimate of drug-likeness (QED) is 0.851. The molecule has 0 fully saturated rings. The van der Waals surface area contributed by atoms with Crippen molar-refractivity contribution in [2.75, 3.05) is 7.05 Å². The molecular formula is C8H8F6N2O. The van der Waals surface area contributed by atoms with E-state index in [1.54, 1.807) is 0 Å². The zero-order chi connectivity index (χ0) is 13.3. The highest BCUT2D eigenvalue weighted by Gasteiger charge is 2.60. The van der Waals surface area contributed by atoms with Crippen LogP contribution in [0.2, 0.25) is 0 Å². The fraction of sp³-hybridized carbons (Fsp3) is 0.625. The van der Waals surface area contributed by atoms with Gasteiger partial charge in [-0.3, -0.25) is 0 Å². The lowest BCUT2D eigenvalue weighted by Crippen LogP contribution is -2.34. The van der Waals surface area contributed by atoms with Crippen LogP contribution < -0.4 is 5.32 Å². The Morgan fingerprint density at radius 2 is 1.76 bits per heavy atom. The van der Waals surface area contributed by atoms with Gasteiger partial charge in [0.15, 0.2) is 6.39 Å². The summed E-state index contributed by atoms with van der Waals surface area (Å²) in [7, 11) is 1.37. The standard InChI is InChI=1S/C8H8F6N2O/c1-15-2-4-5(17-3-16-4)6(7(9,10)11)8(12,13)14/h3,6,15H,2H2,1H3. The second kappa shape index (κ2) is 4.55. The second-order valence-corrected chi connectivity index (χ2v) is 3.21. The van der Waals surface area contributed by atoms with E-state index in [1.165, 1.54) is 7.05 Å². The molecule has 98 valence electrons. The summed E-state index contributed by atoms with van der Waals surface area (Å²) in [5.41, 5.74) is -0.410. The minimum Gasteiger partial charge on any atom is -0.447 e. The molecule has 1 heterocycles. The van der Waals surface area contributed by atoms with Gasteiger partial charge < -0.3 is 9.73 Å². The van der Waals surface area contributed by atoms with E-state index in [9.17, 15) is 26.3 Å². The first-order chi connectivity index (χ1) is 7.68. The summed E-state index contributed by atoms with van der Waals surface area (Å²) in [6, 6.07) is 0. The fourth-order valence-corrected chi connectivity index (χ4v) is 1.30. The van der Waals surface area contributed by atoms with Crippen LogP contribution in [0.25, 0.3) is 0 Å². The molecular weight excluding hydrogens is 254 g/mol. The van der Waals surface area contributed by atoms with E-state index < -0.39 is 29.7 Å². The molecule has 0 unspecified atom stereocenters. The highest BCUT2D eigenvalue weighted by atomic mass is 19.4.